The fraction of sp³-hybridized carbons (Fsp3) is 0.154. The van der Waals surface area contributed by atoms with Gasteiger partial charge in [0.2, 0.25) is 0 Å². The number of hydrogen-bond donors (Lipinski definition) is 0. The van der Waals surface area contributed by atoms with Crippen LogP contribution in [0.5, 0.6) is 0 Å². The van der Waals surface area contributed by atoms with E-state index in [2.05, 4.69) is 56.6 Å². The van der Waals surface area contributed by atoms with Crippen LogP contribution in [0, 0.1) is 50.3 Å². The van der Waals surface area contributed by atoms with Crippen molar-refractivity contribution < 1.29 is 4.39 Å². The van der Waals surface area contributed by atoms with Crippen molar-refractivity contribution in [1.82, 2.24) is 0 Å². The van der Waals surface area contributed by atoms with Crippen LogP contribution in [0.4, 0.5) is 4.39 Å². The van der Waals surface area contributed by atoms with Crippen molar-refractivity contribution >= 4 is 12.7 Å². The van der Waals surface area contributed by atoms with Gasteiger partial charge in [-0.3, -0.25) is 0 Å². The second-order valence-corrected chi connectivity index (χ2v) is 6.85. The van der Waals surface area contributed by atoms with E-state index in [1.807, 2.05) is 37.2 Å². The van der Waals surface area contributed by atoms with Crippen molar-refractivity contribution in [2.24, 2.45) is 0 Å². The fourth-order valence-corrected chi connectivity index (χ4v) is 2.85. The Morgan fingerprint density at radius 3 is 1.79 bits per heavy atom. The topological polar surface area (TPSA) is 0 Å². The Morgan fingerprint density at radius 1 is 0.643 bits per heavy atom. The van der Waals surface area contributed by atoms with Gasteiger partial charge in [-0.15, -0.1) is 0 Å². The summed E-state index contributed by atoms with van der Waals surface area (Å²) in [5, 5.41) is 0. The van der Waals surface area contributed by atoms with Crippen LogP contribution in [0.2, 0.25) is 6.82 Å². The summed E-state index contributed by atoms with van der Waals surface area (Å²) in [5.74, 6) is 12.3. The molecule has 0 unspecified atom stereocenters. The number of hydrogen-bond acceptors (Lipinski definition) is 0. The molecule has 0 aliphatic rings. The summed E-state index contributed by atoms with van der Waals surface area (Å²) >= 11 is 0. The van der Waals surface area contributed by atoms with Crippen LogP contribution in [0.3, 0.4) is 0 Å². The summed E-state index contributed by atoms with van der Waals surface area (Å²) in [5.41, 5.74) is 7.86. The molecule has 3 aromatic rings. The molecule has 0 spiro atoms. The van der Waals surface area contributed by atoms with Gasteiger partial charge in [0.05, 0.1) is 0 Å². The van der Waals surface area contributed by atoms with E-state index in [1.54, 1.807) is 13.3 Å². The monoisotopic (exact) mass is 363 g/mol. The molecule has 2 heteroatoms. The first-order valence-corrected chi connectivity index (χ1v) is 9.27. The highest BCUT2D eigenvalue weighted by Crippen LogP contribution is 2.14. The third kappa shape index (κ3) is 4.73. The molecule has 0 N–H and O–H groups in total. The van der Waals surface area contributed by atoms with Gasteiger partial charge in [-0.25, -0.2) is 4.39 Å². The Morgan fingerprint density at radius 2 is 1.18 bits per heavy atom. The number of halogens is 1. The van der Waals surface area contributed by atoms with Gasteiger partial charge in [0.25, 0.3) is 0 Å². The maximum absolute atomic E-state index is 13.8. The Labute approximate surface area is 168 Å². The Kier molecular flexibility index (Phi) is 6.03. The van der Waals surface area contributed by atoms with Gasteiger partial charge < -0.3 is 0 Å². The average molecular weight is 363 g/mol. The lowest BCUT2D eigenvalue weighted by Gasteiger charge is -2.04. The van der Waals surface area contributed by atoms with Crippen molar-refractivity contribution in [2.75, 3.05) is 0 Å². The second-order valence-electron chi connectivity index (χ2n) is 6.85. The van der Waals surface area contributed by atoms with Crippen molar-refractivity contribution in [3.05, 3.63) is 99.4 Å². The van der Waals surface area contributed by atoms with E-state index in [4.69, 9.17) is 0 Å². The van der Waals surface area contributed by atoms with E-state index in [0.29, 0.717) is 11.0 Å². The van der Waals surface area contributed by atoms with E-state index in [-0.39, 0.29) is 5.82 Å². The molecule has 0 saturated carbocycles. The molecule has 3 aromatic carbocycles. The Hall–Kier alpha value is -3.23. The third-order valence-corrected chi connectivity index (χ3v) is 4.73. The highest BCUT2D eigenvalue weighted by molar-refractivity contribution is 6.52. The number of benzene rings is 3. The van der Waals surface area contributed by atoms with Crippen LogP contribution < -0.4 is 5.46 Å². The molecule has 0 heterocycles. The number of aryl methyl sites for hydroxylation is 3. The first-order chi connectivity index (χ1) is 13.5. The molecule has 0 amide bonds. The molecular weight excluding hydrogens is 342 g/mol. The standard InChI is InChI=1S/C26H21BF/c1-18-15-20(3)24(16-19(18)2)13-11-22-7-5-21(6-8-22)9-10-23-12-14-25(27-4)26(28)17-23/h5-8,12,14-17H,1-4H3. The molecule has 0 nitrogen and oxygen atoms in total. The SMILES string of the molecule is C[B]c1ccc(C#Cc2ccc(C#Cc3cc(C)c(C)cc3C)cc2)cc1F. The molecule has 1 radical (unpaired) electrons. The molecule has 0 bridgehead atoms. The molecule has 0 fully saturated rings. The minimum atomic E-state index is -0.249. The molecule has 0 aliphatic carbocycles. The minimum Gasteiger partial charge on any atom is -0.208 e. The van der Waals surface area contributed by atoms with Gasteiger partial charge in [-0.05, 0) is 79.9 Å². The van der Waals surface area contributed by atoms with Crippen molar-refractivity contribution in [3.8, 4) is 23.7 Å². The summed E-state index contributed by atoms with van der Waals surface area (Å²) in [6.45, 7) is 8.12. The van der Waals surface area contributed by atoms with Crippen LogP contribution in [-0.2, 0) is 0 Å². The largest absolute Gasteiger partial charge is 0.208 e. The molecule has 0 aromatic heterocycles. The molecule has 3 rings (SSSR count). The van der Waals surface area contributed by atoms with Crippen molar-refractivity contribution in [1.29, 1.82) is 0 Å². The first kappa shape index (κ1) is 19.5. The molecule has 28 heavy (non-hydrogen) atoms. The number of rotatable bonds is 1. The highest BCUT2D eigenvalue weighted by atomic mass is 19.1. The quantitative estimate of drug-likeness (QED) is 0.425. The average Bonchev–Trinajstić information content (AvgIpc) is 2.69. The summed E-state index contributed by atoms with van der Waals surface area (Å²) < 4.78 is 13.8. The Balaban J connectivity index is 1.77. The van der Waals surface area contributed by atoms with E-state index in [0.717, 1.165) is 16.7 Å². The van der Waals surface area contributed by atoms with Crippen LogP contribution >= 0.6 is 0 Å². The van der Waals surface area contributed by atoms with Crippen LogP contribution in [0.25, 0.3) is 0 Å². The van der Waals surface area contributed by atoms with E-state index in [9.17, 15) is 4.39 Å². The molecular formula is C26H21BF. The smallest absolute Gasteiger partial charge is 0.152 e. The van der Waals surface area contributed by atoms with Gasteiger partial charge in [-0.1, -0.05) is 48.1 Å². The van der Waals surface area contributed by atoms with Crippen molar-refractivity contribution in [3.63, 3.8) is 0 Å². The summed E-state index contributed by atoms with van der Waals surface area (Å²) in [6.07, 6.45) is 0. The maximum atomic E-state index is 13.8. The minimum absolute atomic E-state index is 0.249. The second kappa shape index (κ2) is 8.64. The lowest BCUT2D eigenvalue weighted by Crippen LogP contribution is -2.15. The van der Waals surface area contributed by atoms with Crippen LogP contribution in [0.15, 0.2) is 54.6 Å². The zero-order valence-electron chi connectivity index (χ0n) is 16.7. The summed E-state index contributed by atoms with van der Waals surface area (Å²) in [4.78, 5) is 0. The molecule has 0 aliphatic heterocycles. The van der Waals surface area contributed by atoms with Gasteiger partial charge >= 0.3 is 0 Å². The van der Waals surface area contributed by atoms with Crippen LogP contribution in [-0.4, -0.2) is 7.28 Å². The fourth-order valence-electron chi connectivity index (χ4n) is 2.85. The maximum Gasteiger partial charge on any atom is 0.152 e. The first-order valence-electron chi connectivity index (χ1n) is 9.27. The normalized spacial score (nSPS) is 9.75. The van der Waals surface area contributed by atoms with Gasteiger partial charge in [0, 0.05) is 22.3 Å². The summed E-state index contributed by atoms with van der Waals surface area (Å²) in [6, 6.07) is 17.2. The lowest BCUT2D eigenvalue weighted by molar-refractivity contribution is 0.635. The summed E-state index contributed by atoms with van der Waals surface area (Å²) in [7, 11) is 1.74. The molecule has 0 atom stereocenters. The lowest BCUT2D eigenvalue weighted by atomic mass is 9.73. The third-order valence-electron chi connectivity index (χ3n) is 4.73. The Bertz CT molecular complexity index is 1130. The molecule has 0 saturated heterocycles. The predicted molar refractivity (Wildman–Crippen MR) is 117 cm³/mol. The van der Waals surface area contributed by atoms with E-state index in [1.165, 1.54) is 22.8 Å². The van der Waals surface area contributed by atoms with Gasteiger partial charge in [0.1, 0.15) is 5.82 Å². The van der Waals surface area contributed by atoms with Crippen LogP contribution in [0.1, 0.15) is 38.9 Å². The highest BCUT2D eigenvalue weighted by Gasteiger charge is 2.01. The predicted octanol–water partition coefficient (Wildman–Crippen LogP) is 4.93. The molecule has 135 valence electrons. The van der Waals surface area contributed by atoms with Gasteiger partial charge in [0.15, 0.2) is 7.28 Å². The van der Waals surface area contributed by atoms with Crippen molar-refractivity contribution in [2.45, 2.75) is 27.6 Å². The zero-order chi connectivity index (χ0) is 20.1. The zero-order valence-corrected chi connectivity index (χ0v) is 16.7. The van der Waals surface area contributed by atoms with E-state index >= 15 is 0 Å². The van der Waals surface area contributed by atoms with Gasteiger partial charge in [-0.2, -0.15) is 0 Å². The van der Waals surface area contributed by atoms with E-state index < -0.39 is 0 Å².